The van der Waals surface area contributed by atoms with Crippen LogP contribution >= 0.6 is 0 Å². The molecular weight excluding hydrogens is 823 g/mol. The van der Waals surface area contributed by atoms with Gasteiger partial charge in [0.2, 0.25) is 0 Å². The van der Waals surface area contributed by atoms with E-state index < -0.39 is 0 Å². The highest BCUT2D eigenvalue weighted by molar-refractivity contribution is 5.15. The average molecular weight is 937 g/mol. The van der Waals surface area contributed by atoms with Crippen LogP contribution in [0.2, 0.25) is 0 Å². The smallest absolute Gasteiger partial charge is 0.0107 e. The Morgan fingerprint density at radius 3 is 0.779 bits per heavy atom. The molecule has 4 aliphatic carbocycles. The van der Waals surface area contributed by atoms with Crippen molar-refractivity contribution in [2.24, 2.45) is 11.8 Å². The van der Waals surface area contributed by atoms with Gasteiger partial charge in [0.25, 0.3) is 0 Å². The minimum atomic E-state index is 1.08. The molecule has 388 valence electrons. The molecule has 4 aromatic rings. The van der Waals surface area contributed by atoms with Gasteiger partial charge in [-0.15, -0.1) is 0 Å². The molecule has 10 rings (SSSR count). The van der Waals surface area contributed by atoms with Crippen LogP contribution in [-0.4, -0.2) is 75.1 Å². The fourth-order valence-electron chi connectivity index (χ4n) is 7.01. The Morgan fingerprint density at radius 2 is 0.603 bits per heavy atom. The number of nitrogens with zero attached hydrogens (tertiary/aromatic N) is 3. The summed E-state index contributed by atoms with van der Waals surface area (Å²) >= 11 is 0. The minimum Gasteiger partial charge on any atom is -0.306 e. The van der Waals surface area contributed by atoms with E-state index >= 15 is 0 Å². The third-order valence-corrected chi connectivity index (χ3v) is 12.2. The van der Waals surface area contributed by atoms with Crippen molar-refractivity contribution in [3.8, 4) is 0 Å². The van der Waals surface area contributed by atoms with Crippen LogP contribution in [-0.2, 0) is 12.8 Å². The number of hydrogen-bond donors (Lipinski definition) is 0. The monoisotopic (exact) mass is 936 g/mol. The van der Waals surface area contributed by atoms with Crippen molar-refractivity contribution < 1.29 is 0 Å². The van der Waals surface area contributed by atoms with Gasteiger partial charge >= 0.3 is 0 Å². The number of hydrogen-bond acceptors (Lipinski definition) is 3. The van der Waals surface area contributed by atoms with E-state index in [-0.39, 0.29) is 0 Å². The Bertz CT molecular complexity index is 1290. The normalized spacial score (nSPS) is 16.8. The van der Waals surface area contributed by atoms with Crippen molar-refractivity contribution in [2.75, 3.05) is 60.4 Å². The van der Waals surface area contributed by atoms with Gasteiger partial charge in [-0.25, -0.2) is 0 Å². The molecule has 0 bridgehead atoms. The molecule has 0 unspecified atom stereocenters. The molecule has 2 saturated heterocycles. The van der Waals surface area contributed by atoms with Gasteiger partial charge in [-0.05, 0) is 82.9 Å². The number of aryl methyl sites for hydroxylation is 2. The summed E-state index contributed by atoms with van der Waals surface area (Å²) in [6.07, 6.45) is 31.8. The number of benzene rings is 4. The molecule has 6 aliphatic rings. The topological polar surface area (TPSA) is 9.72 Å². The molecule has 68 heavy (non-hydrogen) atoms. The molecule has 2 heterocycles. The number of rotatable bonds is 4. The Labute approximate surface area is 426 Å². The third-order valence-electron chi connectivity index (χ3n) is 12.2. The summed E-state index contributed by atoms with van der Waals surface area (Å²) in [5.41, 5.74) is 2.85. The maximum atomic E-state index is 2.39. The highest BCUT2D eigenvalue weighted by atomic mass is 15.2. The van der Waals surface area contributed by atoms with Crippen LogP contribution in [0.1, 0.15) is 195 Å². The van der Waals surface area contributed by atoms with Crippen LogP contribution in [0.4, 0.5) is 0 Å². The first-order valence-electron chi connectivity index (χ1n) is 28.5. The predicted octanol–water partition coefficient (Wildman–Crippen LogP) is 18.8. The van der Waals surface area contributed by atoms with Crippen LogP contribution in [0.3, 0.4) is 0 Å². The second-order valence-corrected chi connectivity index (χ2v) is 18.8. The molecule has 0 aromatic heterocycles. The Kier molecular flexibility index (Phi) is 53.8. The summed E-state index contributed by atoms with van der Waals surface area (Å²) in [5.74, 6) is 2.22. The van der Waals surface area contributed by atoms with Gasteiger partial charge in [0.15, 0.2) is 0 Å². The van der Waals surface area contributed by atoms with Gasteiger partial charge in [0, 0.05) is 26.2 Å². The Balaban J connectivity index is 0. The molecule has 0 amide bonds. The molecule has 3 nitrogen and oxygen atoms in total. The van der Waals surface area contributed by atoms with Crippen LogP contribution in [0, 0.1) is 11.8 Å². The lowest BCUT2D eigenvalue weighted by atomic mass is 10.0. The van der Waals surface area contributed by atoms with Gasteiger partial charge < -0.3 is 14.7 Å². The molecule has 6 fully saturated rings. The molecule has 0 N–H and O–H groups in total. The Hall–Kier alpha value is -3.24. The summed E-state index contributed by atoms with van der Waals surface area (Å²) in [6, 6.07) is 45.0. The molecule has 4 aromatic carbocycles. The van der Waals surface area contributed by atoms with E-state index in [4.69, 9.17) is 0 Å². The van der Waals surface area contributed by atoms with Gasteiger partial charge in [-0.2, -0.15) is 0 Å². The fraction of sp³-hybridized carbons (Fsp3) is 0.631. The number of piperazine rings is 1. The van der Waals surface area contributed by atoms with Crippen molar-refractivity contribution in [3.05, 3.63) is 145 Å². The van der Waals surface area contributed by atoms with Crippen LogP contribution < -0.4 is 0 Å². The molecule has 4 saturated carbocycles. The highest BCUT2D eigenvalue weighted by Crippen LogP contribution is 2.31. The number of piperidine rings is 1. The van der Waals surface area contributed by atoms with Crippen molar-refractivity contribution in [2.45, 2.75) is 197 Å². The van der Waals surface area contributed by atoms with E-state index in [1.807, 2.05) is 107 Å². The first-order valence-corrected chi connectivity index (χ1v) is 28.5. The second-order valence-electron chi connectivity index (χ2n) is 18.8. The summed E-state index contributed by atoms with van der Waals surface area (Å²) in [6.45, 7) is 24.5. The molecule has 2 aliphatic heterocycles. The predicted molar refractivity (Wildman–Crippen MR) is 310 cm³/mol. The van der Waals surface area contributed by atoms with E-state index in [9.17, 15) is 0 Å². The van der Waals surface area contributed by atoms with Gasteiger partial charge in [0.1, 0.15) is 0 Å². The molecule has 3 heteroatoms. The fourth-order valence-corrected chi connectivity index (χ4v) is 7.01. The first-order chi connectivity index (χ1) is 33.4. The maximum Gasteiger partial charge on any atom is 0.0107 e. The number of likely N-dealkylation sites (tertiary alicyclic amines) is 1. The van der Waals surface area contributed by atoms with Crippen LogP contribution in [0.25, 0.3) is 0 Å². The average Bonchev–Trinajstić information content (AvgIpc) is 4.37. The van der Waals surface area contributed by atoms with E-state index in [0.717, 1.165) is 18.3 Å². The van der Waals surface area contributed by atoms with Gasteiger partial charge in [0.05, 0.1) is 0 Å². The van der Waals surface area contributed by atoms with E-state index in [2.05, 4.69) is 118 Å². The zero-order chi connectivity index (χ0) is 50.4. The van der Waals surface area contributed by atoms with Crippen molar-refractivity contribution in [3.63, 3.8) is 0 Å². The lowest BCUT2D eigenvalue weighted by molar-refractivity contribution is 0.181. The number of likely N-dealkylation sites (N-methyl/N-ethyl adjacent to an activating group) is 2. The first kappa shape index (κ1) is 66.8. The van der Waals surface area contributed by atoms with Gasteiger partial charge in [-0.1, -0.05) is 304 Å². The molecule has 0 atom stereocenters. The van der Waals surface area contributed by atoms with E-state index in [0.29, 0.717) is 0 Å². The zero-order valence-corrected chi connectivity index (χ0v) is 47.0. The van der Waals surface area contributed by atoms with Gasteiger partial charge in [-0.3, -0.25) is 0 Å². The van der Waals surface area contributed by atoms with Crippen LogP contribution in [0.15, 0.2) is 133 Å². The van der Waals surface area contributed by atoms with Crippen molar-refractivity contribution in [1.29, 1.82) is 0 Å². The summed E-state index contributed by atoms with van der Waals surface area (Å²) in [5, 5.41) is 0. The summed E-state index contributed by atoms with van der Waals surface area (Å²) < 4.78 is 0. The van der Waals surface area contributed by atoms with E-state index in [1.54, 1.807) is 0 Å². The van der Waals surface area contributed by atoms with Crippen LogP contribution in [0.5, 0.6) is 0 Å². The maximum absolute atomic E-state index is 2.39. The largest absolute Gasteiger partial charge is 0.306 e. The second kappa shape index (κ2) is 54.7. The minimum absolute atomic E-state index is 1.08. The zero-order valence-electron chi connectivity index (χ0n) is 47.0. The molecular formula is C65H113N3. The third kappa shape index (κ3) is 53.7. The lowest BCUT2D eigenvalue weighted by Crippen LogP contribution is -2.42. The van der Waals surface area contributed by atoms with Crippen molar-refractivity contribution in [1.82, 2.24) is 14.7 Å². The Morgan fingerprint density at radius 1 is 0.353 bits per heavy atom. The molecule has 0 spiro atoms. The summed E-state index contributed by atoms with van der Waals surface area (Å²) in [7, 11) is 6.54. The van der Waals surface area contributed by atoms with E-state index in [1.165, 1.54) is 185 Å². The standard InChI is InChI=1S/C9H12.C8H10.C6H14N2.C6H13N.C6H12.2C6H6.2C5H10.C4H8.2C2H6/c1-2-6-9-7-4-3-5-8-9;1-2-8-6-4-3-5-7-8;1-7-3-5-8(2)6-4-7;1-7-5-3-2-4-6-7;3*1-2-4-6-5-3-1;1-2-5-3-4-5;1-2-4-5-3-1;1-4-2-3-4;2*1-2/h3-5,7-8H,2,6H2,1H3;3-7H,2H2,1H3;3-6H2,1-2H3;2-6H2,1H3;1-6H2;2*1-6H;5H,2-4H2,1H3;1-5H2;4H,2-3H2,1H3;2*1-2H3. The highest BCUT2D eigenvalue weighted by Gasteiger charge is 2.17. The van der Waals surface area contributed by atoms with Crippen molar-refractivity contribution >= 4 is 0 Å². The quantitative estimate of drug-likeness (QED) is 0.202. The molecule has 0 radical (unpaired) electrons. The SMILES string of the molecule is C1CCCC1.C1CCCCC1.CC.CC.CC1CC1.CCC1CC1.CCCc1ccccc1.CCc1ccccc1.CN1CCCCC1.CN1CCN(C)CC1.c1ccccc1.c1ccccc1. The summed E-state index contributed by atoms with van der Waals surface area (Å²) in [4.78, 5) is 7.11. The lowest BCUT2D eigenvalue weighted by Gasteiger charge is -2.28.